The van der Waals surface area contributed by atoms with Crippen molar-refractivity contribution in [1.29, 1.82) is 0 Å². The molecule has 42 heteroatoms. The molecule has 11 amide bonds. The fraction of sp³-hybridized carbons (Fsp3) is 0.400. The largest absolute Gasteiger partial charge is 0.481 e. The van der Waals surface area contributed by atoms with Crippen LogP contribution in [0.5, 0.6) is 0 Å². The normalized spacial score (nSPS) is 12.0. The van der Waals surface area contributed by atoms with Crippen LogP contribution in [0, 0.1) is 34.9 Å². The van der Waals surface area contributed by atoms with Crippen molar-refractivity contribution >= 4 is 231 Å². The zero-order valence-corrected chi connectivity index (χ0v) is 89.7. The maximum atomic E-state index is 13.7. The highest BCUT2D eigenvalue weighted by molar-refractivity contribution is 9.11. The van der Waals surface area contributed by atoms with Gasteiger partial charge in [-0.25, -0.2) is 28.4 Å². The van der Waals surface area contributed by atoms with Gasteiger partial charge >= 0.3 is 66.0 Å². The maximum Gasteiger partial charge on any atom is 0.322 e. The quantitative estimate of drug-likeness (QED) is 0.0168. The molecule has 7 rings (SSSR count). The van der Waals surface area contributed by atoms with E-state index in [1.165, 1.54) is 26.0 Å². The van der Waals surface area contributed by atoms with Crippen LogP contribution in [0.25, 0.3) is 0 Å². The van der Waals surface area contributed by atoms with E-state index in [-0.39, 0.29) is 129 Å². The van der Waals surface area contributed by atoms with Gasteiger partial charge in [-0.1, -0.05) is 213 Å². The van der Waals surface area contributed by atoms with E-state index >= 15 is 0 Å². The van der Waals surface area contributed by atoms with Crippen LogP contribution in [-0.2, 0) is 75.2 Å². The SMILES string of the molecule is CC(C)C[C@H](NC(=O)Nc1ccc(Br)cc1)C(=O)CCC(=O)O.CC(C)C[C@H](NC(=O)Nc1ccc(Br)cc1F)C(=O)CCC(=O)O.CCC[C@H](NC(=O)Nc1ccc(Br)cc1)C(=O)CC(C)(C)C(=O)O.CCC[C@H](NC(=O)Nc1ccc(Br)cc1)C(=O)CCC(=O)O.CC[C@H](C)[C@H](NC(=O)Nc1ccc(Br)cc1)C(=O)CCC(=O)O.O=C(O)CNC(=O)[C@@H](CC(=O)Cc1ccc(Br)cc1)Cc1ccccc1. The summed E-state index contributed by atoms with van der Waals surface area (Å²) in [5.41, 5.74) is 3.04. The number of rotatable bonds is 49. The van der Waals surface area contributed by atoms with Crippen molar-refractivity contribution in [2.24, 2.45) is 29.1 Å². The summed E-state index contributed by atoms with van der Waals surface area (Å²) in [7, 11) is 0. The maximum absolute atomic E-state index is 13.7. The van der Waals surface area contributed by atoms with Gasteiger partial charge in [0.05, 0.1) is 67.0 Å². The van der Waals surface area contributed by atoms with Crippen LogP contribution in [0.15, 0.2) is 197 Å². The number of hydrogen-bond donors (Lipinski definition) is 17. The minimum absolute atomic E-state index is 0.0167. The Labute approximate surface area is 874 Å². The molecule has 7 aromatic rings. The van der Waals surface area contributed by atoms with E-state index in [0.717, 1.165) is 33.5 Å². The van der Waals surface area contributed by atoms with Gasteiger partial charge in [0.25, 0.3) is 0 Å². The smallest absolute Gasteiger partial charge is 0.322 e. The fourth-order valence-corrected chi connectivity index (χ4v) is 14.3. The zero-order chi connectivity index (χ0) is 107. The number of carboxylic acid groups (broad SMARTS) is 6. The molecule has 0 saturated heterocycles. The van der Waals surface area contributed by atoms with Crippen molar-refractivity contribution in [3.05, 3.63) is 214 Å². The topological polar surface area (TPSA) is 561 Å². The molecule has 0 aliphatic heterocycles. The van der Waals surface area contributed by atoms with Crippen molar-refractivity contribution in [2.75, 3.05) is 33.1 Å². The van der Waals surface area contributed by atoms with Crippen LogP contribution in [0.1, 0.15) is 190 Å². The molecule has 35 nitrogen and oxygen atoms in total. The molecule has 0 fully saturated rings. The first-order valence-corrected chi connectivity index (χ1v) is 50.0. The Kier molecular flexibility index (Phi) is 60.6. The van der Waals surface area contributed by atoms with Gasteiger partial charge in [-0.2, -0.15) is 0 Å². The van der Waals surface area contributed by atoms with E-state index in [0.29, 0.717) is 78.6 Å². The first kappa shape index (κ1) is 126. The Morgan fingerprint density at radius 2 is 0.697 bits per heavy atom. The monoisotopic (exact) mass is 2360 g/mol. The zero-order valence-electron chi connectivity index (χ0n) is 80.2. The molecule has 0 aliphatic rings. The third-order valence-corrected chi connectivity index (χ3v) is 23.3. The molecule has 0 bridgehead atoms. The fourth-order valence-electron chi connectivity index (χ4n) is 12.7. The van der Waals surface area contributed by atoms with E-state index in [4.69, 9.17) is 30.6 Å². The summed E-state index contributed by atoms with van der Waals surface area (Å²) in [6, 6.07) is 42.9. The number of carbonyl (C=O) groups is 18. The Bertz CT molecular complexity index is 5300. The van der Waals surface area contributed by atoms with Crippen molar-refractivity contribution < 1.29 is 121 Å². The molecule has 0 aliphatic carbocycles. The number of amides is 11. The molecule has 772 valence electrons. The summed E-state index contributed by atoms with van der Waals surface area (Å²) in [6.07, 6.45) is 3.01. The minimum atomic E-state index is -1.16. The van der Waals surface area contributed by atoms with E-state index < -0.39 is 126 Å². The standard InChI is InChI=1S/C20H20BrNO4.C17H23BrN2O4.C16H20BrFN2O4.2C16H21BrN2O4.C15H19BrN2O4/c21-17-8-6-15(7-9-17)11-18(23)12-16(20(26)22-13-19(24)25)10-14-4-2-1-3-5-14;1-4-5-13(14(21)10-17(2,3)15(22)23)20-16(24)19-12-8-6-11(18)7-9-12;1-9(2)7-13(14(21)5-6-15(22)23)20-16(24)19-12-4-3-10(17)8-11(12)18;1-10(2)9-13(14(20)7-8-15(21)22)19-16(23)18-12-5-3-11(17)4-6-12;1-3-10(2)15(13(20)8-9-14(21)22)19-16(23)18-12-6-4-11(17)5-7-12;1-2-3-12(13(19)8-9-14(20)21)18-15(22)17-11-6-4-10(16)5-7-11/h1-9,16H,10-13H2,(H,22,26)(H,24,25);6-9,13H,4-5,10H2,1-3H3,(H,22,23)(H2,19,20,24);3-4,8-9,13H,5-7H2,1-2H3,(H,22,23)(H2,19,20,24);3-6,10,13H,7-9H2,1-2H3,(H,21,22)(H2,18,19,23);4-7,10,15H,3,8-9H2,1-2H3,(H,21,22)(H2,18,19,23);4-7,12H,2-3,8-9H2,1H3,(H,20,21)(H2,17,18,22)/t16-;3*13-;10-,15-;12-/m100000/s1. The number of halogens is 7. The molecule has 0 aromatic heterocycles. The van der Waals surface area contributed by atoms with Gasteiger partial charge in [-0.15, -0.1) is 0 Å². The van der Waals surface area contributed by atoms with Crippen LogP contribution >= 0.6 is 95.6 Å². The Morgan fingerprint density at radius 3 is 1.04 bits per heavy atom. The second kappa shape index (κ2) is 68.2. The van der Waals surface area contributed by atoms with Gasteiger partial charge in [-0.3, -0.25) is 62.3 Å². The number of hydrogen-bond acceptors (Lipinski definition) is 18. The van der Waals surface area contributed by atoms with Gasteiger partial charge in [0, 0.05) is 100 Å². The number of Topliss-reactive ketones (excluding diaryl/α,β-unsaturated/α-hetero) is 6. The summed E-state index contributed by atoms with van der Waals surface area (Å²) >= 11 is 19.7. The molecule has 0 radical (unpaired) electrons. The summed E-state index contributed by atoms with van der Waals surface area (Å²) in [5.74, 6) is -9.21. The molecule has 142 heavy (non-hydrogen) atoms. The van der Waals surface area contributed by atoms with Crippen molar-refractivity contribution in [2.45, 2.75) is 221 Å². The lowest BCUT2D eigenvalue weighted by Crippen LogP contribution is -2.46. The van der Waals surface area contributed by atoms with Crippen LogP contribution in [0.2, 0.25) is 0 Å². The van der Waals surface area contributed by atoms with Crippen molar-refractivity contribution in [1.82, 2.24) is 31.9 Å². The number of urea groups is 5. The lowest BCUT2D eigenvalue weighted by Gasteiger charge is -2.23. The molecule has 0 unspecified atom stereocenters. The van der Waals surface area contributed by atoms with Gasteiger partial charge in [0.2, 0.25) is 5.91 Å². The first-order chi connectivity index (χ1) is 66.8. The number of ketones is 6. The van der Waals surface area contributed by atoms with Gasteiger partial charge in [0.1, 0.15) is 18.1 Å². The second-order valence-electron chi connectivity index (χ2n) is 33.9. The number of aliphatic carboxylic acids is 6. The van der Waals surface area contributed by atoms with Crippen molar-refractivity contribution in [3.63, 3.8) is 0 Å². The minimum Gasteiger partial charge on any atom is -0.481 e. The van der Waals surface area contributed by atoms with Crippen LogP contribution in [0.3, 0.4) is 0 Å². The summed E-state index contributed by atoms with van der Waals surface area (Å²) < 4.78 is 18.8. The number of nitrogens with one attached hydrogen (secondary N) is 11. The highest BCUT2D eigenvalue weighted by atomic mass is 79.9. The molecular formula is C100H124Br6FN11O24. The molecule has 17 N–H and O–H groups in total. The first-order valence-electron chi connectivity index (χ1n) is 45.2. The number of carbonyl (C=O) groups excluding carboxylic acids is 12. The number of anilines is 5. The highest BCUT2D eigenvalue weighted by Gasteiger charge is 2.35. The Hall–Kier alpha value is -12.0. The van der Waals surface area contributed by atoms with Crippen molar-refractivity contribution in [3.8, 4) is 0 Å². The Morgan fingerprint density at radius 1 is 0.366 bits per heavy atom. The number of carboxylic acids is 6. The summed E-state index contributed by atoms with van der Waals surface area (Å²) in [4.78, 5) is 210. The van der Waals surface area contributed by atoms with Gasteiger partial charge < -0.3 is 89.1 Å². The number of benzene rings is 7. The van der Waals surface area contributed by atoms with Gasteiger partial charge in [0.15, 0.2) is 28.9 Å². The van der Waals surface area contributed by atoms with Crippen LogP contribution in [-0.4, -0.2) is 174 Å². The van der Waals surface area contributed by atoms with E-state index in [9.17, 15) is 90.7 Å². The molecule has 7 atom stereocenters. The average molecular weight is 2360 g/mol. The van der Waals surface area contributed by atoms with E-state index in [1.54, 1.807) is 103 Å². The highest BCUT2D eigenvalue weighted by Crippen LogP contribution is 2.27. The molecule has 0 saturated carbocycles. The molecule has 7 aromatic carbocycles. The molecule has 0 heterocycles. The third kappa shape index (κ3) is 56.6. The molecule has 0 spiro atoms. The van der Waals surface area contributed by atoms with Crippen LogP contribution < -0.4 is 58.5 Å². The lowest BCUT2D eigenvalue weighted by atomic mass is 9.85. The van der Waals surface area contributed by atoms with Gasteiger partial charge in [-0.05, 0) is 202 Å². The Balaban J connectivity index is 0.000000576. The second-order valence-corrected chi connectivity index (χ2v) is 39.4. The average Bonchev–Trinajstić information content (AvgIpc) is 1.11. The predicted molar refractivity (Wildman–Crippen MR) is 559 cm³/mol. The van der Waals surface area contributed by atoms with E-state index in [1.807, 2.05) is 110 Å². The third-order valence-electron chi connectivity index (χ3n) is 20.2. The van der Waals surface area contributed by atoms with Crippen LogP contribution in [0.4, 0.5) is 56.8 Å². The lowest BCUT2D eigenvalue weighted by molar-refractivity contribution is -0.149. The summed E-state index contributed by atoms with van der Waals surface area (Å²) in [5, 5.41) is 80.9. The molecular weight excluding hydrogens is 2240 g/mol. The van der Waals surface area contributed by atoms with E-state index in [2.05, 4.69) is 154 Å². The predicted octanol–water partition coefficient (Wildman–Crippen LogP) is 20.4. The summed E-state index contributed by atoms with van der Waals surface area (Å²) in [6.45, 7) is 17.7.